The summed E-state index contributed by atoms with van der Waals surface area (Å²) in [6.07, 6.45) is 0. The molecular weight excluding hydrogens is 373 g/mol. The van der Waals surface area contributed by atoms with Gasteiger partial charge in [0.2, 0.25) is 0 Å². The number of anilines is 2. The second-order valence-electron chi connectivity index (χ2n) is 4.01. The number of nitrogen functional groups attached to an aromatic ring is 1. The number of rotatable bonds is 3. The van der Waals surface area contributed by atoms with Crippen molar-refractivity contribution in [1.82, 2.24) is 0 Å². The highest BCUT2D eigenvalue weighted by molar-refractivity contribution is 9.10. The Bertz CT molecular complexity index is 792. The van der Waals surface area contributed by atoms with Crippen molar-refractivity contribution < 1.29 is 21.6 Å². The van der Waals surface area contributed by atoms with E-state index in [9.17, 15) is 21.6 Å². The Labute approximate surface area is 127 Å². The van der Waals surface area contributed by atoms with Gasteiger partial charge in [-0.2, -0.15) is 0 Å². The van der Waals surface area contributed by atoms with E-state index in [1.807, 2.05) is 4.72 Å². The van der Waals surface area contributed by atoms with Gasteiger partial charge in [0.1, 0.15) is 22.3 Å². The van der Waals surface area contributed by atoms with Crippen LogP contribution in [-0.4, -0.2) is 8.42 Å². The molecule has 0 saturated carbocycles. The van der Waals surface area contributed by atoms with E-state index >= 15 is 0 Å². The topological polar surface area (TPSA) is 72.2 Å². The monoisotopic (exact) mass is 380 g/mol. The lowest BCUT2D eigenvalue weighted by atomic mass is 10.3. The van der Waals surface area contributed by atoms with E-state index in [0.29, 0.717) is 12.1 Å². The molecule has 0 bridgehead atoms. The lowest BCUT2D eigenvalue weighted by Crippen LogP contribution is -2.16. The van der Waals surface area contributed by atoms with Crippen LogP contribution in [0.1, 0.15) is 0 Å². The van der Waals surface area contributed by atoms with Crippen molar-refractivity contribution in [2.24, 2.45) is 0 Å². The maximum Gasteiger partial charge on any atom is 0.265 e. The Balaban J connectivity index is 2.51. The number of sulfonamides is 1. The third kappa shape index (κ3) is 3.13. The minimum atomic E-state index is -4.47. The molecule has 2 aromatic carbocycles. The SMILES string of the molecule is Nc1cc(S(=O)(=O)Nc2c(F)cccc2Br)c(F)cc1F. The number of benzene rings is 2. The van der Waals surface area contributed by atoms with Gasteiger partial charge in [0.05, 0.1) is 11.4 Å². The molecule has 9 heteroatoms. The molecule has 21 heavy (non-hydrogen) atoms. The number of nitrogens with two attached hydrogens (primary N) is 1. The van der Waals surface area contributed by atoms with E-state index in [-0.39, 0.29) is 10.2 Å². The van der Waals surface area contributed by atoms with Gasteiger partial charge in [-0.3, -0.25) is 4.72 Å². The molecule has 0 aromatic heterocycles. The number of hydrogen-bond acceptors (Lipinski definition) is 3. The van der Waals surface area contributed by atoms with Gasteiger partial charge >= 0.3 is 0 Å². The molecule has 0 heterocycles. The van der Waals surface area contributed by atoms with Crippen molar-refractivity contribution in [1.29, 1.82) is 0 Å². The highest BCUT2D eigenvalue weighted by Crippen LogP contribution is 2.29. The van der Waals surface area contributed by atoms with Crippen LogP contribution in [0.4, 0.5) is 24.5 Å². The third-order valence-electron chi connectivity index (χ3n) is 2.54. The molecule has 0 aliphatic rings. The molecule has 3 N–H and O–H groups in total. The van der Waals surface area contributed by atoms with Crippen LogP contribution in [0.3, 0.4) is 0 Å². The van der Waals surface area contributed by atoms with E-state index in [0.717, 1.165) is 6.07 Å². The van der Waals surface area contributed by atoms with Crippen molar-refractivity contribution in [2.75, 3.05) is 10.5 Å². The molecule has 0 radical (unpaired) electrons. The molecule has 0 atom stereocenters. The van der Waals surface area contributed by atoms with Gasteiger partial charge in [-0.05, 0) is 34.1 Å². The molecule has 112 valence electrons. The summed E-state index contributed by atoms with van der Waals surface area (Å²) in [5.74, 6) is -3.27. The number of halogens is 4. The molecule has 0 amide bonds. The predicted octanol–water partition coefficient (Wildman–Crippen LogP) is 3.25. The predicted molar refractivity (Wildman–Crippen MR) is 75.7 cm³/mol. The zero-order valence-electron chi connectivity index (χ0n) is 10.2. The van der Waals surface area contributed by atoms with Crippen LogP contribution in [0, 0.1) is 17.5 Å². The summed E-state index contributed by atoms with van der Waals surface area (Å²) in [7, 11) is -4.47. The van der Waals surface area contributed by atoms with Gasteiger partial charge in [0, 0.05) is 10.5 Å². The lowest BCUT2D eigenvalue weighted by Gasteiger charge is -2.12. The molecule has 0 aliphatic heterocycles. The minimum Gasteiger partial charge on any atom is -0.396 e. The molecular formula is C12H8BrF3N2O2S. The summed E-state index contributed by atoms with van der Waals surface area (Å²) in [6, 6.07) is 4.75. The quantitative estimate of drug-likeness (QED) is 0.802. The summed E-state index contributed by atoms with van der Waals surface area (Å²) in [5, 5.41) is 0. The summed E-state index contributed by atoms with van der Waals surface area (Å²) >= 11 is 2.97. The van der Waals surface area contributed by atoms with Gasteiger partial charge in [-0.25, -0.2) is 21.6 Å². The van der Waals surface area contributed by atoms with Crippen molar-refractivity contribution in [3.63, 3.8) is 0 Å². The first-order valence-electron chi connectivity index (χ1n) is 5.43. The molecule has 0 fully saturated rings. The Kier molecular flexibility index (Phi) is 4.15. The fourth-order valence-electron chi connectivity index (χ4n) is 1.54. The Morgan fingerprint density at radius 1 is 1.05 bits per heavy atom. The molecule has 0 aliphatic carbocycles. The summed E-state index contributed by atoms with van der Waals surface area (Å²) < 4.78 is 66.4. The molecule has 2 aromatic rings. The van der Waals surface area contributed by atoms with Crippen LogP contribution in [0.15, 0.2) is 39.7 Å². The van der Waals surface area contributed by atoms with Crippen LogP contribution in [-0.2, 0) is 10.0 Å². The van der Waals surface area contributed by atoms with Crippen LogP contribution in [0.25, 0.3) is 0 Å². The first-order valence-corrected chi connectivity index (χ1v) is 7.71. The third-order valence-corrected chi connectivity index (χ3v) is 4.57. The molecule has 0 unspecified atom stereocenters. The lowest BCUT2D eigenvalue weighted by molar-refractivity contribution is 0.552. The first-order chi connectivity index (χ1) is 9.72. The number of para-hydroxylation sites is 1. The van der Waals surface area contributed by atoms with Crippen LogP contribution < -0.4 is 10.5 Å². The molecule has 2 rings (SSSR count). The molecule has 4 nitrogen and oxygen atoms in total. The van der Waals surface area contributed by atoms with Crippen molar-refractivity contribution in [3.8, 4) is 0 Å². The minimum absolute atomic E-state index is 0.126. The number of nitrogens with one attached hydrogen (secondary N) is 1. The second-order valence-corrected chi connectivity index (χ2v) is 6.51. The van der Waals surface area contributed by atoms with E-state index in [1.165, 1.54) is 12.1 Å². The van der Waals surface area contributed by atoms with Gasteiger partial charge in [-0.15, -0.1) is 0 Å². The Morgan fingerprint density at radius 2 is 1.71 bits per heavy atom. The number of hydrogen-bond donors (Lipinski definition) is 2. The fraction of sp³-hybridized carbons (Fsp3) is 0. The van der Waals surface area contributed by atoms with Gasteiger partial charge in [0.25, 0.3) is 10.0 Å². The summed E-state index contributed by atoms with van der Waals surface area (Å²) in [6.45, 7) is 0. The zero-order valence-corrected chi connectivity index (χ0v) is 12.6. The summed E-state index contributed by atoms with van der Waals surface area (Å²) in [5.41, 5.74) is 4.30. The molecule has 0 spiro atoms. The van der Waals surface area contributed by atoms with Crippen molar-refractivity contribution in [3.05, 3.63) is 52.3 Å². The van der Waals surface area contributed by atoms with E-state index < -0.39 is 38.1 Å². The largest absolute Gasteiger partial charge is 0.396 e. The van der Waals surface area contributed by atoms with Crippen molar-refractivity contribution in [2.45, 2.75) is 4.90 Å². The highest BCUT2D eigenvalue weighted by Gasteiger charge is 2.23. The Morgan fingerprint density at radius 3 is 2.33 bits per heavy atom. The van der Waals surface area contributed by atoms with Gasteiger partial charge < -0.3 is 5.73 Å². The first kappa shape index (κ1) is 15.6. The maximum atomic E-state index is 13.6. The van der Waals surface area contributed by atoms with Gasteiger partial charge in [0.15, 0.2) is 0 Å². The van der Waals surface area contributed by atoms with Gasteiger partial charge in [-0.1, -0.05) is 6.07 Å². The normalized spacial score (nSPS) is 11.4. The average Bonchev–Trinajstić information content (AvgIpc) is 2.38. The Hall–Kier alpha value is -1.74. The fourth-order valence-corrected chi connectivity index (χ4v) is 3.29. The van der Waals surface area contributed by atoms with Crippen LogP contribution >= 0.6 is 15.9 Å². The molecule has 0 saturated heterocycles. The average molecular weight is 381 g/mol. The highest BCUT2D eigenvalue weighted by atomic mass is 79.9. The standard InChI is InChI=1S/C12H8BrF3N2O2S/c13-6-2-1-3-7(14)12(6)18-21(19,20)11-5-10(17)8(15)4-9(11)16/h1-5,18H,17H2. The van der Waals surface area contributed by atoms with Crippen LogP contribution in [0.2, 0.25) is 0 Å². The zero-order chi connectivity index (χ0) is 15.8. The van der Waals surface area contributed by atoms with Crippen molar-refractivity contribution >= 4 is 37.3 Å². The van der Waals surface area contributed by atoms with E-state index in [1.54, 1.807) is 0 Å². The van der Waals surface area contributed by atoms with E-state index in [2.05, 4.69) is 15.9 Å². The van der Waals surface area contributed by atoms with Crippen LogP contribution in [0.5, 0.6) is 0 Å². The summed E-state index contributed by atoms with van der Waals surface area (Å²) in [4.78, 5) is -0.878. The maximum absolute atomic E-state index is 13.6. The smallest absolute Gasteiger partial charge is 0.265 e. The van der Waals surface area contributed by atoms with E-state index in [4.69, 9.17) is 5.73 Å². The second kappa shape index (κ2) is 5.57.